The molecule has 1 spiro atoms. The molecule has 2 aliphatic rings. The molecule has 5 aromatic rings. The summed E-state index contributed by atoms with van der Waals surface area (Å²) >= 11 is 0. The average molecular weight is 778 g/mol. The number of hydrogen-bond acceptors (Lipinski definition) is 10. The van der Waals surface area contributed by atoms with Crippen LogP contribution in [0.5, 0.6) is 0 Å². The van der Waals surface area contributed by atoms with Crippen molar-refractivity contribution in [2.75, 3.05) is 35.0 Å². The quantitative estimate of drug-likeness (QED) is 0.103. The average Bonchev–Trinajstić information content (AvgIpc) is 3.84. The summed E-state index contributed by atoms with van der Waals surface area (Å²) in [6, 6.07) is 44.0. The minimum Gasteiger partial charge on any atom is -0.507 e. The van der Waals surface area contributed by atoms with Crippen LogP contribution in [0.3, 0.4) is 0 Å². The van der Waals surface area contributed by atoms with Crippen molar-refractivity contribution >= 4 is 53.3 Å². The number of rotatable bonds is 10. The topological polar surface area (TPSA) is 221 Å². The number of anilines is 4. The third kappa shape index (κ3) is 11.4. The van der Waals surface area contributed by atoms with Gasteiger partial charge in [0.15, 0.2) is 0 Å². The van der Waals surface area contributed by atoms with Crippen molar-refractivity contribution in [1.82, 2.24) is 0 Å². The van der Waals surface area contributed by atoms with Gasteiger partial charge in [-0.05, 0) is 48.5 Å². The van der Waals surface area contributed by atoms with E-state index in [9.17, 15) is 19.2 Å². The lowest BCUT2D eigenvalue weighted by molar-refractivity contribution is -0.432. The zero-order chi connectivity index (χ0) is 40.6. The third-order valence-corrected chi connectivity index (χ3v) is 8.49. The second kappa shape index (κ2) is 20.6. The molecule has 0 radical (unpaired) electrons. The molecule has 2 saturated heterocycles. The third-order valence-electron chi connectivity index (χ3n) is 8.49. The van der Waals surface area contributed by atoms with Gasteiger partial charge in [-0.3, -0.25) is 19.2 Å². The number of hydrogen-bond donors (Lipinski definition) is 7. The zero-order valence-electron chi connectivity index (χ0n) is 31.0. The monoisotopic (exact) mass is 777 g/mol. The molecule has 9 N–H and O–H groups in total. The molecule has 16 heteroatoms. The minimum atomic E-state index is -3.43. The van der Waals surface area contributed by atoms with E-state index in [1.54, 1.807) is 121 Å². The smallest absolute Gasteiger partial charge is 0.507 e. The van der Waals surface area contributed by atoms with E-state index in [4.69, 9.17) is 28.8 Å². The number of benzene rings is 5. The molecule has 5 atom stereocenters. The van der Waals surface area contributed by atoms with Crippen molar-refractivity contribution in [3.05, 3.63) is 157 Å². The lowest BCUT2D eigenvalue weighted by Gasteiger charge is -2.29. The highest BCUT2D eigenvalue weighted by molar-refractivity contribution is 6.56. The number of aliphatic hydroxyl groups is 2. The van der Waals surface area contributed by atoms with E-state index in [2.05, 4.69) is 27.0 Å². The summed E-state index contributed by atoms with van der Waals surface area (Å²) in [5, 5.41) is 26.5. The summed E-state index contributed by atoms with van der Waals surface area (Å²) in [5.74, 6) is -2.93. The zero-order valence-corrected chi connectivity index (χ0v) is 31.0. The van der Waals surface area contributed by atoms with Crippen LogP contribution >= 0.6 is 0 Å². The Labute approximate surface area is 329 Å². The number of carbonyl (C=O) groups excluding carboxylic acids is 4. The number of amides is 4. The molecule has 5 aromatic carbocycles. The first kappa shape index (κ1) is 41.9. The van der Waals surface area contributed by atoms with Crippen molar-refractivity contribution in [3.63, 3.8) is 0 Å². The van der Waals surface area contributed by atoms with E-state index in [0.717, 1.165) is 12.7 Å². The van der Waals surface area contributed by atoms with Gasteiger partial charge in [0.1, 0.15) is 30.5 Å². The van der Waals surface area contributed by atoms with Gasteiger partial charge in [-0.1, -0.05) is 103 Å². The molecule has 0 aromatic heterocycles. The van der Waals surface area contributed by atoms with Gasteiger partial charge in [0.2, 0.25) is 0 Å². The predicted molar refractivity (Wildman–Crippen MR) is 213 cm³/mol. The van der Waals surface area contributed by atoms with Gasteiger partial charge in [-0.25, -0.2) is 0 Å². The molecule has 296 valence electrons. The van der Waals surface area contributed by atoms with Gasteiger partial charge in [0.05, 0.1) is 6.61 Å². The highest BCUT2D eigenvalue weighted by Gasteiger charge is 2.60. The van der Waals surface area contributed by atoms with E-state index >= 15 is 0 Å². The van der Waals surface area contributed by atoms with E-state index < -0.39 is 55.0 Å². The van der Waals surface area contributed by atoms with Crippen LogP contribution in [-0.4, -0.2) is 78.9 Å². The van der Waals surface area contributed by atoms with Crippen LogP contribution < -0.4 is 27.0 Å². The lowest BCUT2D eigenvalue weighted by atomic mass is 10.1. The Kier molecular flexibility index (Phi) is 15.2. The van der Waals surface area contributed by atoms with Gasteiger partial charge >= 0.3 is 6.96 Å². The van der Waals surface area contributed by atoms with Crippen molar-refractivity contribution in [2.24, 2.45) is 0 Å². The maximum Gasteiger partial charge on any atom is 0.533 e. The maximum absolute atomic E-state index is 13.5. The van der Waals surface area contributed by atoms with E-state index in [0.29, 0.717) is 22.7 Å². The first-order valence-electron chi connectivity index (χ1n) is 17.9. The highest BCUT2D eigenvalue weighted by Crippen LogP contribution is 2.37. The van der Waals surface area contributed by atoms with Gasteiger partial charge in [-0.2, -0.15) is 0 Å². The molecule has 2 aliphatic heterocycles. The Morgan fingerprint density at radius 3 is 0.947 bits per heavy atom. The second-order valence-corrected chi connectivity index (χ2v) is 12.5. The van der Waals surface area contributed by atoms with Crippen molar-refractivity contribution < 1.29 is 53.7 Å². The van der Waals surface area contributed by atoms with Gasteiger partial charge in [-0.15, -0.1) is 0 Å². The van der Waals surface area contributed by atoms with E-state index in [1.807, 2.05) is 30.3 Å². The lowest BCUT2D eigenvalue weighted by Crippen LogP contribution is -2.55. The Bertz CT molecular complexity index is 1790. The molecule has 7 rings (SSSR count). The first-order chi connectivity index (χ1) is 27.7. The van der Waals surface area contributed by atoms with E-state index in [-0.39, 0.29) is 12.6 Å². The first-order valence-corrected chi connectivity index (χ1v) is 17.9. The van der Waals surface area contributed by atoms with Crippen LogP contribution in [0.2, 0.25) is 0 Å². The highest BCUT2D eigenvalue weighted by atomic mass is 16.9. The summed E-state index contributed by atoms with van der Waals surface area (Å²) in [7, 11) is 1.00. The molecule has 57 heavy (non-hydrogen) atoms. The van der Waals surface area contributed by atoms with Crippen molar-refractivity contribution in [3.8, 4) is 0 Å². The van der Waals surface area contributed by atoms with Crippen LogP contribution in [-0.2, 0) is 37.8 Å². The predicted octanol–water partition coefficient (Wildman–Crippen LogP) is 3.12. The fraction of sp³-hybridized carbons (Fsp3) is 0.171. The standard InChI is InChI=1S/C32H28BN4O8.C8H11NO.CH4O/c38-29(34-21-13-5-1-6-14-21)25-26(30(39)35-22-15-7-2-8-16-22)43-33(42-25)44-27(31(40)36-23-17-9-3-10-18-23)28(45-33)32(41)37-24-19-11-4-12-20-24;9-8(6-10)7-4-2-1-3-5-7;1-2/h1-20,25-28H,(H,34,38)(H,35,39)(H,36,40)(H,37,41);1-5,8,10H,6,9H2;2H,1H3/q-1;;/p+1/t25-,26-,27-,28-;8-;/m11./s1. The SMILES string of the molecule is CO.O=C(Nc1ccccc1)[C@@H]1O[B-]2(O[C@H]1C(=O)Nc1ccccc1)O[C@@H](C(=O)Nc1ccccc1)[C@H](C(=O)Nc1ccccc1)O2.[NH3+][C@H](CO)c1ccccc1. The molecule has 15 nitrogen and oxygen atoms in total. The van der Waals surface area contributed by atoms with Gasteiger partial charge in [0, 0.05) is 35.4 Å². The number of aliphatic hydroxyl groups excluding tert-OH is 2. The van der Waals surface area contributed by atoms with Gasteiger partial charge < -0.3 is 55.8 Å². The number of quaternary nitrogens is 1. The normalized spacial score (nSPS) is 19.4. The molecule has 4 amide bonds. The Morgan fingerprint density at radius 2 is 0.719 bits per heavy atom. The number of nitrogens with one attached hydrogen (secondary N) is 4. The fourth-order valence-corrected chi connectivity index (χ4v) is 5.76. The molecule has 0 unspecified atom stereocenters. The molecular weight excluding hydrogens is 733 g/mol. The number of carbonyl (C=O) groups is 4. The molecule has 2 fully saturated rings. The largest absolute Gasteiger partial charge is 0.533 e. The van der Waals surface area contributed by atoms with Crippen LogP contribution in [0.15, 0.2) is 152 Å². The van der Waals surface area contributed by atoms with Crippen LogP contribution in [0.25, 0.3) is 0 Å². The van der Waals surface area contributed by atoms with Crippen LogP contribution in [0, 0.1) is 0 Å². The summed E-state index contributed by atoms with van der Waals surface area (Å²) in [5.41, 5.74) is 6.62. The Balaban J connectivity index is 0.000000447. The maximum atomic E-state index is 13.5. The summed E-state index contributed by atoms with van der Waals surface area (Å²) in [4.78, 5) is 53.9. The van der Waals surface area contributed by atoms with Crippen molar-refractivity contribution in [2.45, 2.75) is 30.5 Å². The Morgan fingerprint density at radius 1 is 0.491 bits per heavy atom. The van der Waals surface area contributed by atoms with Crippen LogP contribution in [0.4, 0.5) is 22.7 Å². The summed E-state index contributed by atoms with van der Waals surface area (Å²) in [6.07, 6.45) is -6.32. The molecule has 0 bridgehead atoms. The summed E-state index contributed by atoms with van der Waals surface area (Å²) in [6.45, 7) is -3.31. The summed E-state index contributed by atoms with van der Waals surface area (Å²) < 4.78 is 23.8. The van der Waals surface area contributed by atoms with E-state index in [1.165, 1.54) is 0 Å². The second-order valence-electron chi connectivity index (χ2n) is 12.5. The molecule has 0 saturated carbocycles. The van der Waals surface area contributed by atoms with Crippen LogP contribution in [0.1, 0.15) is 11.6 Å². The molecular formula is C41H44BN5O10. The molecule has 2 heterocycles. The molecule has 0 aliphatic carbocycles. The van der Waals surface area contributed by atoms with Crippen molar-refractivity contribution in [1.29, 1.82) is 0 Å². The Hall–Kier alpha value is -6.24. The minimum absolute atomic E-state index is 0.0150. The fourth-order valence-electron chi connectivity index (χ4n) is 5.76. The number of para-hydroxylation sites is 4. The van der Waals surface area contributed by atoms with Gasteiger partial charge in [0.25, 0.3) is 23.6 Å².